The maximum atomic E-state index is 10.9. The van der Waals surface area contributed by atoms with Crippen molar-refractivity contribution in [3.05, 3.63) is 0 Å². The Labute approximate surface area is 86.2 Å². The molecule has 1 rings (SSSR count). The first-order valence-corrected chi connectivity index (χ1v) is 4.77. The van der Waals surface area contributed by atoms with E-state index in [1.54, 1.807) is 0 Å². The SMILES string of the molecule is O=C(O)[C@@H](O)[C@](O)(C(=O)O)C1CCCC1. The molecule has 0 aromatic carbocycles. The topological polar surface area (TPSA) is 115 Å². The third kappa shape index (κ3) is 1.95. The van der Waals surface area contributed by atoms with Crippen molar-refractivity contribution in [2.24, 2.45) is 5.92 Å². The van der Waals surface area contributed by atoms with Crippen molar-refractivity contribution in [3.63, 3.8) is 0 Å². The summed E-state index contributed by atoms with van der Waals surface area (Å²) in [6.07, 6.45) is 0.0533. The number of hydrogen-bond acceptors (Lipinski definition) is 4. The van der Waals surface area contributed by atoms with Gasteiger partial charge in [-0.05, 0) is 12.8 Å². The van der Waals surface area contributed by atoms with Crippen molar-refractivity contribution in [2.75, 3.05) is 0 Å². The molecule has 86 valence electrons. The number of aliphatic hydroxyl groups excluding tert-OH is 1. The van der Waals surface area contributed by atoms with E-state index >= 15 is 0 Å². The first kappa shape index (κ1) is 11.9. The molecule has 6 heteroatoms. The summed E-state index contributed by atoms with van der Waals surface area (Å²) in [6, 6.07) is 0. The molecule has 0 aliphatic heterocycles. The van der Waals surface area contributed by atoms with Crippen LogP contribution in [-0.4, -0.2) is 44.1 Å². The minimum Gasteiger partial charge on any atom is -0.479 e. The van der Waals surface area contributed by atoms with Gasteiger partial charge in [-0.25, -0.2) is 9.59 Å². The van der Waals surface area contributed by atoms with Crippen LogP contribution in [0.5, 0.6) is 0 Å². The van der Waals surface area contributed by atoms with Gasteiger partial charge in [-0.15, -0.1) is 0 Å². The van der Waals surface area contributed by atoms with Gasteiger partial charge in [-0.3, -0.25) is 0 Å². The molecule has 0 radical (unpaired) electrons. The number of carboxylic acids is 2. The molecule has 0 bridgehead atoms. The molecule has 0 amide bonds. The van der Waals surface area contributed by atoms with Gasteiger partial charge in [0.15, 0.2) is 6.10 Å². The normalized spacial score (nSPS) is 23.3. The van der Waals surface area contributed by atoms with Crippen molar-refractivity contribution in [3.8, 4) is 0 Å². The summed E-state index contributed by atoms with van der Waals surface area (Å²) in [5.74, 6) is -4.09. The molecule has 15 heavy (non-hydrogen) atoms. The fourth-order valence-electron chi connectivity index (χ4n) is 2.07. The van der Waals surface area contributed by atoms with E-state index in [2.05, 4.69) is 0 Å². The van der Waals surface area contributed by atoms with Crippen LogP contribution in [0.3, 0.4) is 0 Å². The number of aliphatic carboxylic acids is 2. The maximum Gasteiger partial charge on any atom is 0.339 e. The van der Waals surface area contributed by atoms with Gasteiger partial charge in [-0.2, -0.15) is 0 Å². The maximum absolute atomic E-state index is 10.9. The van der Waals surface area contributed by atoms with Crippen LogP contribution in [0.15, 0.2) is 0 Å². The second-order valence-corrected chi connectivity index (χ2v) is 3.85. The predicted octanol–water partition coefficient (Wildman–Crippen LogP) is -0.562. The highest BCUT2D eigenvalue weighted by Gasteiger charge is 2.53. The highest BCUT2D eigenvalue weighted by Crippen LogP contribution is 2.36. The second kappa shape index (κ2) is 4.16. The molecule has 2 atom stereocenters. The molecule has 4 N–H and O–H groups in total. The first-order chi connectivity index (χ1) is 6.90. The van der Waals surface area contributed by atoms with Crippen LogP contribution in [0, 0.1) is 5.92 Å². The molecule has 6 nitrogen and oxygen atoms in total. The summed E-state index contributed by atoms with van der Waals surface area (Å²) in [6.45, 7) is 0. The van der Waals surface area contributed by atoms with Gasteiger partial charge in [0.1, 0.15) is 0 Å². The van der Waals surface area contributed by atoms with E-state index in [1.807, 2.05) is 0 Å². The predicted molar refractivity (Wildman–Crippen MR) is 48.2 cm³/mol. The van der Waals surface area contributed by atoms with E-state index < -0.39 is 29.6 Å². The van der Waals surface area contributed by atoms with Gasteiger partial charge in [-0.1, -0.05) is 12.8 Å². The quantitative estimate of drug-likeness (QED) is 0.502. The number of aliphatic hydroxyl groups is 2. The van der Waals surface area contributed by atoms with Crippen LogP contribution in [-0.2, 0) is 9.59 Å². The molecule has 0 unspecified atom stereocenters. The van der Waals surface area contributed by atoms with Crippen molar-refractivity contribution in [1.29, 1.82) is 0 Å². The summed E-state index contributed by atoms with van der Waals surface area (Å²) in [5, 5.41) is 36.4. The molecule has 0 heterocycles. The van der Waals surface area contributed by atoms with E-state index in [9.17, 15) is 19.8 Å². The monoisotopic (exact) mass is 218 g/mol. The number of rotatable bonds is 4. The average molecular weight is 218 g/mol. The van der Waals surface area contributed by atoms with Gasteiger partial charge in [0.2, 0.25) is 5.60 Å². The Morgan fingerprint density at radius 3 is 2.00 bits per heavy atom. The van der Waals surface area contributed by atoms with Gasteiger partial charge >= 0.3 is 11.9 Å². The Bertz CT molecular complexity index is 270. The molecular formula is C9H14O6. The van der Waals surface area contributed by atoms with E-state index in [0.29, 0.717) is 12.8 Å². The molecule has 1 aliphatic carbocycles. The Kier molecular flexibility index (Phi) is 3.31. The molecule has 1 fully saturated rings. The van der Waals surface area contributed by atoms with Crippen LogP contribution in [0.2, 0.25) is 0 Å². The van der Waals surface area contributed by atoms with Gasteiger partial charge in [0.25, 0.3) is 0 Å². The summed E-state index contributed by atoms with van der Waals surface area (Å²) < 4.78 is 0. The van der Waals surface area contributed by atoms with Crippen LogP contribution >= 0.6 is 0 Å². The summed E-state index contributed by atoms with van der Waals surface area (Å²) in [4.78, 5) is 21.4. The lowest BCUT2D eigenvalue weighted by molar-refractivity contribution is -0.192. The molecule has 0 aromatic rings. The summed E-state index contributed by atoms with van der Waals surface area (Å²) in [5.41, 5.74) is -2.57. The highest BCUT2D eigenvalue weighted by atomic mass is 16.4. The Morgan fingerprint density at radius 2 is 1.67 bits per heavy atom. The Morgan fingerprint density at radius 1 is 1.20 bits per heavy atom. The largest absolute Gasteiger partial charge is 0.479 e. The van der Waals surface area contributed by atoms with Crippen molar-refractivity contribution in [2.45, 2.75) is 37.4 Å². The Balaban J connectivity index is 2.96. The minimum atomic E-state index is -2.57. The van der Waals surface area contributed by atoms with E-state index in [1.165, 1.54) is 0 Å². The number of carbonyl (C=O) groups is 2. The van der Waals surface area contributed by atoms with Crippen molar-refractivity contribution < 1.29 is 30.0 Å². The smallest absolute Gasteiger partial charge is 0.339 e. The molecule has 1 aliphatic rings. The highest BCUT2D eigenvalue weighted by molar-refractivity contribution is 5.87. The zero-order valence-corrected chi connectivity index (χ0v) is 8.09. The van der Waals surface area contributed by atoms with Crippen LogP contribution in [0.4, 0.5) is 0 Å². The zero-order valence-electron chi connectivity index (χ0n) is 8.09. The van der Waals surface area contributed by atoms with E-state index in [-0.39, 0.29) is 0 Å². The van der Waals surface area contributed by atoms with Gasteiger partial charge < -0.3 is 20.4 Å². The molecule has 0 spiro atoms. The third-order valence-electron chi connectivity index (χ3n) is 2.97. The zero-order chi connectivity index (χ0) is 11.6. The van der Waals surface area contributed by atoms with Crippen molar-refractivity contribution >= 4 is 11.9 Å². The van der Waals surface area contributed by atoms with E-state index in [4.69, 9.17) is 10.2 Å². The lowest BCUT2D eigenvalue weighted by Gasteiger charge is -2.31. The number of hydrogen-bond donors (Lipinski definition) is 4. The molecular weight excluding hydrogens is 204 g/mol. The molecule has 0 saturated heterocycles. The second-order valence-electron chi connectivity index (χ2n) is 3.85. The summed E-state index contributed by atoms with van der Waals surface area (Å²) >= 11 is 0. The van der Waals surface area contributed by atoms with Crippen LogP contribution < -0.4 is 0 Å². The summed E-state index contributed by atoms with van der Waals surface area (Å²) in [7, 11) is 0. The van der Waals surface area contributed by atoms with Crippen LogP contribution in [0.1, 0.15) is 25.7 Å². The van der Waals surface area contributed by atoms with Crippen molar-refractivity contribution in [1.82, 2.24) is 0 Å². The molecule has 1 saturated carbocycles. The fraction of sp³-hybridized carbons (Fsp3) is 0.778. The lowest BCUT2D eigenvalue weighted by Crippen LogP contribution is -2.57. The molecule has 0 aromatic heterocycles. The number of carboxylic acid groups (broad SMARTS) is 2. The van der Waals surface area contributed by atoms with Gasteiger partial charge in [0.05, 0.1) is 0 Å². The Hall–Kier alpha value is -1.14. The minimum absolute atomic E-state index is 0.424. The first-order valence-electron chi connectivity index (χ1n) is 4.77. The average Bonchev–Trinajstić information content (AvgIpc) is 2.67. The van der Waals surface area contributed by atoms with E-state index in [0.717, 1.165) is 12.8 Å². The third-order valence-corrected chi connectivity index (χ3v) is 2.97. The standard InChI is InChI=1S/C9H14O6/c10-6(7(11)12)9(15,8(13)14)5-3-1-2-4-5/h5-6,10,15H,1-4H2,(H,11,12)(H,13,14)/t6-,9+/m1/s1. The fourth-order valence-corrected chi connectivity index (χ4v) is 2.07. The van der Waals surface area contributed by atoms with Crippen LogP contribution in [0.25, 0.3) is 0 Å². The van der Waals surface area contributed by atoms with Gasteiger partial charge in [0, 0.05) is 5.92 Å². The lowest BCUT2D eigenvalue weighted by atomic mass is 9.81.